The van der Waals surface area contributed by atoms with Crippen LogP contribution in [-0.2, 0) is 4.79 Å². The van der Waals surface area contributed by atoms with E-state index in [1.54, 1.807) is 19.2 Å². The minimum absolute atomic E-state index is 0.0716. The molecule has 3 aliphatic heterocycles. The summed E-state index contributed by atoms with van der Waals surface area (Å²) in [6.45, 7) is 4.04. The first kappa shape index (κ1) is 26.1. The fourth-order valence-electron chi connectivity index (χ4n) is 4.79. The van der Waals surface area contributed by atoms with Gasteiger partial charge in [0, 0.05) is 63.1 Å². The number of piperazine rings is 1. The van der Waals surface area contributed by atoms with E-state index in [1.165, 1.54) is 11.1 Å². The van der Waals surface area contributed by atoms with E-state index >= 15 is 0 Å². The molecule has 0 unspecified atom stereocenters. The SMILES string of the molecule is COc1cc(Nc2ncc3c(n2)Nc2ccc4c(n2)N(CCC#CNC3=O)C(=O)CO4)ccc1N1CCN(C)CC1. The molecule has 1 fully saturated rings. The summed E-state index contributed by atoms with van der Waals surface area (Å²) >= 11 is 0. The standard InChI is InChI=1S/C28H29N9O4/c1-35-11-13-36(14-12-35)20-6-5-18(15-22(20)40-2)31-28-30-16-19-25(34-28)32-23-8-7-21-26(33-23)37(24(38)17-41-21)10-4-3-9-29-27(19)39/h5-8,15-16H,4,10-14,17H2,1-2H3,(H,29,39)(H2,30,31,32,33,34). The Morgan fingerprint density at radius 3 is 2.76 bits per heavy atom. The number of fused-ring (bicyclic) bond motifs is 2. The zero-order valence-corrected chi connectivity index (χ0v) is 22.7. The van der Waals surface area contributed by atoms with E-state index in [9.17, 15) is 9.59 Å². The fraction of sp³-hybridized carbons (Fsp3) is 0.321. The minimum Gasteiger partial charge on any atom is -0.495 e. The van der Waals surface area contributed by atoms with Gasteiger partial charge in [-0.2, -0.15) is 4.98 Å². The second-order valence-corrected chi connectivity index (χ2v) is 9.74. The molecule has 13 heteroatoms. The van der Waals surface area contributed by atoms with E-state index in [-0.39, 0.29) is 29.8 Å². The van der Waals surface area contributed by atoms with Gasteiger partial charge in [0.05, 0.1) is 12.8 Å². The number of nitrogens with one attached hydrogen (secondary N) is 3. The summed E-state index contributed by atoms with van der Waals surface area (Å²) in [6, 6.07) is 11.9. The highest BCUT2D eigenvalue weighted by Gasteiger charge is 2.27. The van der Waals surface area contributed by atoms with Crippen molar-refractivity contribution in [2.24, 2.45) is 0 Å². The van der Waals surface area contributed by atoms with Gasteiger partial charge in [0.1, 0.15) is 22.9 Å². The predicted molar refractivity (Wildman–Crippen MR) is 153 cm³/mol. The van der Waals surface area contributed by atoms with Gasteiger partial charge < -0.3 is 29.9 Å². The normalized spacial score (nSPS) is 16.8. The summed E-state index contributed by atoms with van der Waals surface area (Å²) < 4.78 is 11.3. The van der Waals surface area contributed by atoms with Gasteiger partial charge in [-0.3, -0.25) is 19.8 Å². The number of rotatable bonds is 4. The van der Waals surface area contributed by atoms with E-state index in [1.807, 2.05) is 18.2 Å². The maximum absolute atomic E-state index is 12.9. The van der Waals surface area contributed by atoms with E-state index in [0.29, 0.717) is 30.4 Å². The summed E-state index contributed by atoms with van der Waals surface area (Å²) in [7, 11) is 3.77. The molecule has 5 heterocycles. The Morgan fingerprint density at radius 1 is 1.07 bits per heavy atom. The second kappa shape index (κ2) is 11.2. The number of pyridine rings is 1. The molecule has 0 aliphatic carbocycles. The van der Waals surface area contributed by atoms with E-state index in [4.69, 9.17) is 9.47 Å². The first-order valence-electron chi connectivity index (χ1n) is 13.2. The number of anilines is 6. The van der Waals surface area contributed by atoms with Crippen LogP contribution in [0.25, 0.3) is 0 Å². The highest BCUT2D eigenvalue weighted by Crippen LogP contribution is 2.34. The molecular weight excluding hydrogens is 526 g/mol. The molecule has 0 saturated carbocycles. The number of hydrogen-bond donors (Lipinski definition) is 3. The molecule has 1 aromatic carbocycles. The van der Waals surface area contributed by atoms with Crippen molar-refractivity contribution < 1.29 is 19.1 Å². The summed E-state index contributed by atoms with van der Waals surface area (Å²) in [4.78, 5) is 45.1. The smallest absolute Gasteiger partial charge is 0.268 e. The zero-order chi connectivity index (χ0) is 28.3. The molecule has 3 aromatic rings. The molecule has 2 bridgehead atoms. The van der Waals surface area contributed by atoms with Gasteiger partial charge in [-0.05, 0) is 31.3 Å². The van der Waals surface area contributed by atoms with Crippen LogP contribution in [0.3, 0.4) is 0 Å². The quantitative estimate of drug-likeness (QED) is 0.407. The largest absolute Gasteiger partial charge is 0.495 e. The molecule has 2 amide bonds. The molecule has 3 N–H and O–H groups in total. The molecule has 2 aromatic heterocycles. The molecule has 41 heavy (non-hydrogen) atoms. The van der Waals surface area contributed by atoms with E-state index in [2.05, 4.69) is 59.7 Å². The highest BCUT2D eigenvalue weighted by molar-refractivity contribution is 6.00. The maximum atomic E-state index is 12.9. The highest BCUT2D eigenvalue weighted by atomic mass is 16.5. The predicted octanol–water partition coefficient (Wildman–Crippen LogP) is 1.94. The van der Waals surface area contributed by atoms with Crippen LogP contribution < -0.4 is 35.2 Å². The third-order valence-electron chi connectivity index (χ3n) is 7.03. The third-order valence-corrected chi connectivity index (χ3v) is 7.03. The number of methoxy groups -OCH3 is 1. The molecule has 210 valence electrons. The van der Waals surface area contributed by atoms with Gasteiger partial charge in [0.2, 0.25) is 5.95 Å². The van der Waals surface area contributed by atoms with Crippen molar-refractivity contribution in [1.29, 1.82) is 0 Å². The Balaban J connectivity index is 1.30. The monoisotopic (exact) mass is 555 g/mol. The molecular formula is C28H29N9O4. The lowest BCUT2D eigenvalue weighted by atomic mass is 10.2. The number of nitrogens with zero attached hydrogens (tertiary/aromatic N) is 6. The number of amides is 2. The fourth-order valence-corrected chi connectivity index (χ4v) is 4.79. The second-order valence-electron chi connectivity index (χ2n) is 9.74. The summed E-state index contributed by atoms with van der Waals surface area (Å²) in [5.41, 5.74) is 1.92. The number of aromatic nitrogens is 3. The average molecular weight is 556 g/mol. The number of benzene rings is 1. The van der Waals surface area contributed by atoms with Crippen LogP contribution in [0.1, 0.15) is 16.8 Å². The van der Waals surface area contributed by atoms with Gasteiger partial charge in [0.25, 0.3) is 11.8 Å². The molecule has 0 radical (unpaired) electrons. The van der Waals surface area contributed by atoms with E-state index < -0.39 is 5.91 Å². The summed E-state index contributed by atoms with van der Waals surface area (Å²) in [6.07, 6.45) is 1.76. The lowest BCUT2D eigenvalue weighted by Gasteiger charge is -2.34. The van der Waals surface area contributed by atoms with Crippen molar-refractivity contribution in [2.75, 3.05) is 73.9 Å². The van der Waals surface area contributed by atoms with Crippen LogP contribution in [0.4, 0.5) is 34.8 Å². The first-order valence-corrected chi connectivity index (χ1v) is 13.2. The van der Waals surface area contributed by atoms with Crippen molar-refractivity contribution >= 4 is 46.6 Å². The van der Waals surface area contributed by atoms with Gasteiger partial charge in [-0.25, -0.2) is 9.97 Å². The van der Waals surface area contributed by atoms with Crippen LogP contribution in [0.15, 0.2) is 36.5 Å². The number of ether oxygens (including phenoxy) is 2. The van der Waals surface area contributed by atoms with Crippen molar-refractivity contribution in [3.63, 3.8) is 0 Å². The third kappa shape index (κ3) is 5.50. The van der Waals surface area contributed by atoms with Crippen LogP contribution in [0.5, 0.6) is 11.5 Å². The summed E-state index contributed by atoms with van der Waals surface area (Å²) in [5.74, 6) is 4.64. The minimum atomic E-state index is -0.471. The van der Waals surface area contributed by atoms with Crippen LogP contribution >= 0.6 is 0 Å². The first-order chi connectivity index (χ1) is 20.0. The maximum Gasteiger partial charge on any atom is 0.268 e. The Labute approximate surface area is 236 Å². The molecule has 3 aliphatic rings. The molecule has 6 rings (SSSR count). The summed E-state index contributed by atoms with van der Waals surface area (Å²) in [5, 5.41) is 8.87. The van der Waals surface area contributed by atoms with Crippen molar-refractivity contribution in [2.45, 2.75) is 6.42 Å². The van der Waals surface area contributed by atoms with Gasteiger partial charge >= 0.3 is 0 Å². The van der Waals surface area contributed by atoms with Gasteiger partial charge in [-0.15, -0.1) is 0 Å². The van der Waals surface area contributed by atoms with Crippen molar-refractivity contribution in [3.8, 4) is 23.5 Å². The van der Waals surface area contributed by atoms with Crippen molar-refractivity contribution in [3.05, 3.63) is 42.1 Å². The lowest BCUT2D eigenvalue weighted by molar-refractivity contribution is -0.121. The van der Waals surface area contributed by atoms with Crippen LogP contribution in [0.2, 0.25) is 0 Å². The Hall–Kier alpha value is -5.09. The topological polar surface area (TPSA) is 137 Å². The van der Waals surface area contributed by atoms with Crippen molar-refractivity contribution in [1.82, 2.24) is 25.2 Å². The molecule has 1 saturated heterocycles. The molecule has 0 atom stereocenters. The Morgan fingerprint density at radius 2 is 1.93 bits per heavy atom. The molecule has 13 nitrogen and oxygen atoms in total. The lowest BCUT2D eigenvalue weighted by Crippen LogP contribution is -2.44. The Bertz CT molecular complexity index is 1560. The molecule has 0 spiro atoms. The number of likely N-dealkylation sites (N-methyl/N-ethyl adjacent to an activating group) is 1. The van der Waals surface area contributed by atoms with Crippen LogP contribution in [-0.4, -0.2) is 85.2 Å². The Kier molecular flexibility index (Phi) is 7.13. The average Bonchev–Trinajstić information content (AvgIpc) is 2.99. The number of hydrogen-bond acceptors (Lipinski definition) is 11. The van der Waals surface area contributed by atoms with E-state index in [0.717, 1.165) is 43.3 Å². The van der Waals surface area contributed by atoms with Crippen LogP contribution in [0, 0.1) is 12.0 Å². The number of carbonyl (C=O) groups excluding carboxylic acids is 2. The number of carbonyl (C=O) groups is 2. The van der Waals surface area contributed by atoms with Gasteiger partial charge in [0.15, 0.2) is 18.2 Å². The zero-order valence-electron chi connectivity index (χ0n) is 22.7. The van der Waals surface area contributed by atoms with Gasteiger partial charge in [-0.1, -0.05) is 5.92 Å².